The van der Waals surface area contributed by atoms with E-state index in [-0.39, 0.29) is 6.10 Å². The Morgan fingerprint density at radius 1 is 1.31 bits per heavy atom. The van der Waals surface area contributed by atoms with Crippen molar-refractivity contribution in [3.63, 3.8) is 0 Å². The van der Waals surface area contributed by atoms with Crippen molar-refractivity contribution in [3.05, 3.63) is 23.8 Å². The number of benzene rings is 1. The van der Waals surface area contributed by atoms with Gasteiger partial charge in [0, 0.05) is 16.9 Å². The molecular weight excluding hydrogens is 168 g/mol. The Labute approximate surface area is 77.4 Å². The smallest absolute Gasteiger partial charge is 0.117 e. The summed E-state index contributed by atoms with van der Waals surface area (Å²) in [7, 11) is 1.46. The van der Waals surface area contributed by atoms with E-state index in [1.165, 1.54) is 7.11 Å². The van der Waals surface area contributed by atoms with Crippen molar-refractivity contribution in [2.24, 2.45) is 0 Å². The first-order chi connectivity index (χ1) is 6.15. The van der Waals surface area contributed by atoms with Crippen LogP contribution in [0.3, 0.4) is 0 Å². The van der Waals surface area contributed by atoms with Crippen LogP contribution in [0, 0.1) is 0 Å². The molecule has 0 spiro atoms. The second-order valence-electron chi connectivity index (χ2n) is 2.79. The van der Waals surface area contributed by atoms with Crippen LogP contribution in [0.2, 0.25) is 0 Å². The summed E-state index contributed by atoms with van der Waals surface area (Å²) < 4.78 is 0. The van der Waals surface area contributed by atoms with E-state index in [9.17, 15) is 0 Å². The molecule has 0 bridgehead atoms. The highest BCUT2D eigenvalue weighted by molar-refractivity contribution is 5.55. The molecule has 4 nitrogen and oxygen atoms in total. The third-order valence-corrected chi connectivity index (χ3v) is 1.79. The molecule has 0 amide bonds. The van der Waals surface area contributed by atoms with Gasteiger partial charge in [-0.25, -0.2) is 9.78 Å². The van der Waals surface area contributed by atoms with Crippen LogP contribution in [-0.4, -0.2) is 7.11 Å². The van der Waals surface area contributed by atoms with Gasteiger partial charge in [0.15, 0.2) is 0 Å². The van der Waals surface area contributed by atoms with E-state index >= 15 is 0 Å². The molecule has 72 valence electrons. The standard InChI is InChI=1S/C9H14N2O2/c1-6(13-12-2)8-5-7(10)3-4-9(8)11/h3-6H,10-11H2,1-2H3. The molecule has 1 unspecified atom stereocenters. The van der Waals surface area contributed by atoms with Crippen molar-refractivity contribution >= 4 is 11.4 Å². The van der Waals surface area contributed by atoms with Crippen LogP contribution < -0.4 is 11.5 Å². The zero-order valence-electron chi connectivity index (χ0n) is 7.78. The molecule has 4 heteroatoms. The minimum absolute atomic E-state index is 0.214. The summed E-state index contributed by atoms with van der Waals surface area (Å²) in [5.74, 6) is 0. The number of hydrogen-bond donors (Lipinski definition) is 2. The Hall–Kier alpha value is -1.26. The molecule has 1 atom stereocenters. The lowest BCUT2D eigenvalue weighted by Crippen LogP contribution is -2.04. The average molecular weight is 182 g/mol. The van der Waals surface area contributed by atoms with Crippen molar-refractivity contribution in [1.29, 1.82) is 0 Å². The Balaban J connectivity index is 2.91. The Morgan fingerprint density at radius 2 is 2.00 bits per heavy atom. The van der Waals surface area contributed by atoms with Gasteiger partial charge >= 0.3 is 0 Å². The van der Waals surface area contributed by atoms with Gasteiger partial charge in [0.25, 0.3) is 0 Å². The lowest BCUT2D eigenvalue weighted by Gasteiger charge is -2.13. The van der Waals surface area contributed by atoms with E-state index in [4.69, 9.17) is 16.4 Å². The Bertz CT molecular complexity index is 289. The van der Waals surface area contributed by atoms with Crippen molar-refractivity contribution < 1.29 is 9.78 Å². The summed E-state index contributed by atoms with van der Waals surface area (Å²) in [5, 5.41) is 0. The Morgan fingerprint density at radius 3 is 2.62 bits per heavy atom. The quantitative estimate of drug-likeness (QED) is 0.422. The summed E-state index contributed by atoms with van der Waals surface area (Å²) in [5.41, 5.74) is 13.5. The van der Waals surface area contributed by atoms with E-state index in [0.717, 1.165) is 5.56 Å². The molecular formula is C9H14N2O2. The normalized spacial score (nSPS) is 12.8. The first-order valence-corrected chi connectivity index (χ1v) is 3.99. The maximum absolute atomic E-state index is 5.73. The van der Waals surface area contributed by atoms with Crippen molar-refractivity contribution in [3.8, 4) is 0 Å². The van der Waals surface area contributed by atoms with Crippen LogP contribution in [0.25, 0.3) is 0 Å². The fraction of sp³-hybridized carbons (Fsp3) is 0.333. The number of rotatable bonds is 3. The van der Waals surface area contributed by atoms with Gasteiger partial charge in [0.05, 0.1) is 7.11 Å². The second-order valence-corrected chi connectivity index (χ2v) is 2.79. The average Bonchev–Trinajstić information content (AvgIpc) is 2.09. The molecule has 0 radical (unpaired) electrons. The van der Waals surface area contributed by atoms with Gasteiger partial charge in [-0.3, -0.25) is 0 Å². The molecule has 1 rings (SSSR count). The molecule has 0 aliphatic heterocycles. The monoisotopic (exact) mass is 182 g/mol. The van der Waals surface area contributed by atoms with Crippen LogP contribution in [-0.2, 0) is 9.78 Å². The molecule has 0 saturated carbocycles. The van der Waals surface area contributed by atoms with Gasteiger partial charge in [0.2, 0.25) is 0 Å². The number of hydrogen-bond acceptors (Lipinski definition) is 4. The van der Waals surface area contributed by atoms with Crippen LogP contribution in [0.15, 0.2) is 18.2 Å². The highest BCUT2D eigenvalue weighted by Crippen LogP contribution is 2.25. The number of nitrogen functional groups attached to an aromatic ring is 2. The van der Waals surface area contributed by atoms with E-state index in [1.54, 1.807) is 18.2 Å². The van der Waals surface area contributed by atoms with Crippen LogP contribution in [0.4, 0.5) is 11.4 Å². The molecule has 0 heterocycles. The first-order valence-electron chi connectivity index (χ1n) is 3.99. The van der Waals surface area contributed by atoms with Gasteiger partial charge in [-0.1, -0.05) is 0 Å². The van der Waals surface area contributed by atoms with Gasteiger partial charge in [-0.05, 0) is 25.1 Å². The maximum atomic E-state index is 5.73. The lowest BCUT2D eigenvalue weighted by atomic mass is 10.1. The minimum Gasteiger partial charge on any atom is -0.399 e. The summed E-state index contributed by atoms with van der Waals surface area (Å²) in [6, 6.07) is 5.28. The molecule has 1 aromatic rings. The summed E-state index contributed by atoms with van der Waals surface area (Å²) in [6.07, 6.45) is -0.214. The maximum Gasteiger partial charge on any atom is 0.117 e. The fourth-order valence-corrected chi connectivity index (χ4v) is 1.14. The van der Waals surface area contributed by atoms with Crippen molar-refractivity contribution in [2.45, 2.75) is 13.0 Å². The predicted octanol–water partition coefficient (Wildman–Crippen LogP) is 1.49. The lowest BCUT2D eigenvalue weighted by molar-refractivity contribution is -0.303. The van der Waals surface area contributed by atoms with Gasteiger partial charge in [0.1, 0.15) is 6.10 Å². The molecule has 0 aromatic heterocycles. The predicted molar refractivity (Wildman–Crippen MR) is 51.8 cm³/mol. The fourth-order valence-electron chi connectivity index (χ4n) is 1.14. The van der Waals surface area contributed by atoms with Gasteiger partial charge in [-0.15, -0.1) is 0 Å². The third-order valence-electron chi connectivity index (χ3n) is 1.79. The molecule has 4 N–H and O–H groups in total. The van der Waals surface area contributed by atoms with E-state index in [1.807, 2.05) is 6.92 Å². The molecule has 0 saturated heterocycles. The molecule has 13 heavy (non-hydrogen) atoms. The van der Waals surface area contributed by atoms with E-state index in [2.05, 4.69) is 4.89 Å². The second kappa shape index (κ2) is 4.11. The highest BCUT2D eigenvalue weighted by Gasteiger charge is 2.09. The zero-order chi connectivity index (χ0) is 9.84. The highest BCUT2D eigenvalue weighted by atomic mass is 17.2. The van der Waals surface area contributed by atoms with Crippen molar-refractivity contribution in [2.75, 3.05) is 18.6 Å². The number of anilines is 2. The number of nitrogens with two attached hydrogens (primary N) is 2. The first kappa shape index (κ1) is 9.83. The van der Waals surface area contributed by atoms with Crippen LogP contribution >= 0.6 is 0 Å². The minimum atomic E-state index is -0.214. The van der Waals surface area contributed by atoms with E-state index < -0.39 is 0 Å². The largest absolute Gasteiger partial charge is 0.399 e. The molecule has 1 aromatic carbocycles. The van der Waals surface area contributed by atoms with Crippen LogP contribution in [0.1, 0.15) is 18.6 Å². The van der Waals surface area contributed by atoms with Crippen LogP contribution in [0.5, 0.6) is 0 Å². The molecule has 0 aliphatic rings. The Kier molecular flexibility index (Phi) is 3.11. The molecule has 0 aliphatic carbocycles. The summed E-state index contributed by atoms with van der Waals surface area (Å²) >= 11 is 0. The van der Waals surface area contributed by atoms with Crippen molar-refractivity contribution in [1.82, 2.24) is 0 Å². The van der Waals surface area contributed by atoms with E-state index in [0.29, 0.717) is 11.4 Å². The molecule has 0 fully saturated rings. The topological polar surface area (TPSA) is 70.5 Å². The third kappa shape index (κ3) is 2.34. The summed E-state index contributed by atoms with van der Waals surface area (Å²) in [4.78, 5) is 9.48. The van der Waals surface area contributed by atoms with Gasteiger partial charge < -0.3 is 11.5 Å². The SMILES string of the molecule is COOC(C)c1cc(N)ccc1N. The zero-order valence-corrected chi connectivity index (χ0v) is 7.78. The summed E-state index contributed by atoms with van der Waals surface area (Å²) in [6.45, 7) is 1.84. The van der Waals surface area contributed by atoms with Gasteiger partial charge in [-0.2, -0.15) is 0 Å².